The van der Waals surface area contributed by atoms with E-state index in [1.807, 2.05) is 43.3 Å². The molecule has 1 unspecified atom stereocenters. The summed E-state index contributed by atoms with van der Waals surface area (Å²) in [5.74, 6) is 2.37. The zero-order valence-corrected chi connectivity index (χ0v) is 18.1. The molecule has 1 aliphatic rings. The predicted octanol–water partition coefficient (Wildman–Crippen LogP) is 5.17. The molecule has 0 aliphatic carbocycles. The normalized spacial score (nSPS) is 15.2. The van der Waals surface area contributed by atoms with Gasteiger partial charge < -0.3 is 9.15 Å². The molecule has 30 heavy (non-hydrogen) atoms. The first kappa shape index (κ1) is 20.4. The molecule has 8 heteroatoms. The van der Waals surface area contributed by atoms with Gasteiger partial charge in [0.1, 0.15) is 5.76 Å². The highest BCUT2D eigenvalue weighted by molar-refractivity contribution is 7.99. The second-order valence-corrected chi connectivity index (χ2v) is 8.19. The van der Waals surface area contributed by atoms with Gasteiger partial charge >= 0.3 is 0 Å². The van der Waals surface area contributed by atoms with Gasteiger partial charge in [-0.15, -0.1) is 10.2 Å². The SMILES string of the molecule is CCCCCSc1nnc2c(n1)OC(c1ccc(C)o1)N(C(C)=O)c1ccccc1-2. The fourth-order valence-corrected chi connectivity index (χ4v) is 4.18. The van der Waals surface area contributed by atoms with Crippen LogP contribution >= 0.6 is 11.8 Å². The maximum atomic E-state index is 12.7. The minimum atomic E-state index is -0.784. The van der Waals surface area contributed by atoms with Crippen LogP contribution in [0, 0.1) is 6.92 Å². The van der Waals surface area contributed by atoms with Crippen molar-refractivity contribution in [2.24, 2.45) is 0 Å². The lowest BCUT2D eigenvalue weighted by atomic mass is 10.1. The van der Waals surface area contributed by atoms with Gasteiger partial charge in [0.2, 0.25) is 23.2 Å². The molecule has 3 aromatic rings. The summed E-state index contributed by atoms with van der Waals surface area (Å²) in [6.45, 7) is 5.54. The van der Waals surface area contributed by atoms with Gasteiger partial charge in [-0.1, -0.05) is 49.7 Å². The molecule has 1 aliphatic heterocycles. The van der Waals surface area contributed by atoms with Crippen molar-refractivity contribution in [3.8, 4) is 17.1 Å². The van der Waals surface area contributed by atoms with Crippen molar-refractivity contribution in [1.29, 1.82) is 0 Å². The van der Waals surface area contributed by atoms with Crippen molar-refractivity contribution in [3.05, 3.63) is 47.9 Å². The van der Waals surface area contributed by atoms with E-state index >= 15 is 0 Å². The lowest BCUT2D eigenvalue weighted by Gasteiger charge is -2.28. The highest BCUT2D eigenvalue weighted by Crippen LogP contribution is 2.43. The van der Waals surface area contributed by atoms with Crippen LogP contribution in [0.5, 0.6) is 5.88 Å². The third-order valence-electron chi connectivity index (χ3n) is 4.83. The molecule has 0 bridgehead atoms. The quantitative estimate of drug-likeness (QED) is 0.399. The Hall–Kier alpha value is -2.87. The van der Waals surface area contributed by atoms with Gasteiger partial charge in [0, 0.05) is 18.2 Å². The molecular formula is C22H24N4O3S. The van der Waals surface area contributed by atoms with Gasteiger partial charge in [-0.25, -0.2) is 0 Å². The predicted molar refractivity (Wildman–Crippen MR) is 115 cm³/mol. The van der Waals surface area contributed by atoms with E-state index in [4.69, 9.17) is 9.15 Å². The molecule has 0 radical (unpaired) electrons. The summed E-state index contributed by atoms with van der Waals surface area (Å²) >= 11 is 1.56. The average molecular weight is 425 g/mol. The van der Waals surface area contributed by atoms with E-state index in [1.165, 1.54) is 13.3 Å². The molecular weight excluding hydrogens is 400 g/mol. The van der Waals surface area contributed by atoms with Crippen LogP contribution in [0.3, 0.4) is 0 Å². The van der Waals surface area contributed by atoms with Gasteiger partial charge in [-0.3, -0.25) is 9.69 Å². The summed E-state index contributed by atoms with van der Waals surface area (Å²) in [7, 11) is 0. The van der Waals surface area contributed by atoms with Crippen molar-refractivity contribution in [1.82, 2.24) is 15.2 Å². The minimum absolute atomic E-state index is 0.170. The summed E-state index contributed by atoms with van der Waals surface area (Å²) in [5.41, 5.74) is 1.94. The van der Waals surface area contributed by atoms with Gasteiger partial charge in [0.25, 0.3) is 0 Å². The van der Waals surface area contributed by atoms with Crippen LogP contribution in [-0.2, 0) is 4.79 Å². The number of carbonyl (C=O) groups excluding carboxylic acids is 1. The summed E-state index contributed by atoms with van der Waals surface area (Å²) < 4.78 is 12.1. The molecule has 0 N–H and O–H groups in total. The Morgan fingerprint density at radius 2 is 2.00 bits per heavy atom. The standard InChI is InChI=1S/C22H24N4O3S/c1-4-5-8-13-30-22-23-20-19(24-25-22)16-9-6-7-10-17(16)26(15(3)27)21(29-20)18-12-11-14(2)28-18/h6-7,9-12,21H,4-5,8,13H2,1-3H3. The topological polar surface area (TPSA) is 81.3 Å². The van der Waals surface area contributed by atoms with E-state index in [0.717, 1.165) is 29.9 Å². The molecule has 7 nitrogen and oxygen atoms in total. The van der Waals surface area contributed by atoms with Crippen LogP contribution in [0.1, 0.15) is 50.9 Å². The summed E-state index contributed by atoms with van der Waals surface area (Å²) in [5, 5.41) is 9.28. The molecule has 0 fully saturated rings. The zero-order chi connectivity index (χ0) is 21.1. The number of unbranched alkanes of at least 4 members (excludes halogenated alkanes) is 2. The van der Waals surface area contributed by atoms with E-state index in [2.05, 4.69) is 22.1 Å². The van der Waals surface area contributed by atoms with Crippen LogP contribution in [0.15, 0.2) is 46.0 Å². The number of aromatic nitrogens is 3. The molecule has 1 atom stereocenters. The number of amides is 1. The Balaban J connectivity index is 1.78. The molecule has 2 aromatic heterocycles. The molecule has 156 valence electrons. The van der Waals surface area contributed by atoms with Gasteiger partial charge in [-0.05, 0) is 31.5 Å². The van der Waals surface area contributed by atoms with Gasteiger partial charge in [-0.2, -0.15) is 4.98 Å². The molecule has 0 saturated carbocycles. The van der Waals surface area contributed by atoms with Crippen molar-refractivity contribution in [2.75, 3.05) is 10.7 Å². The number of carbonyl (C=O) groups is 1. The second-order valence-electron chi connectivity index (χ2n) is 7.13. The number of benzene rings is 1. The number of aryl methyl sites for hydroxylation is 1. The molecule has 3 heterocycles. The number of hydrogen-bond donors (Lipinski definition) is 0. The zero-order valence-electron chi connectivity index (χ0n) is 17.3. The van der Waals surface area contributed by atoms with Crippen molar-refractivity contribution < 1.29 is 13.9 Å². The number of fused-ring (bicyclic) bond motifs is 3. The van der Waals surface area contributed by atoms with Crippen LogP contribution < -0.4 is 9.64 Å². The maximum Gasteiger partial charge on any atom is 0.247 e. The maximum absolute atomic E-state index is 12.7. The summed E-state index contributed by atoms with van der Waals surface area (Å²) in [4.78, 5) is 18.9. The molecule has 1 aromatic carbocycles. The number of hydrogen-bond acceptors (Lipinski definition) is 7. The largest absolute Gasteiger partial charge is 0.460 e. The van der Waals surface area contributed by atoms with E-state index in [1.54, 1.807) is 16.7 Å². The van der Waals surface area contributed by atoms with Gasteiger partial charge in [0.05, 0.1) is 5.69 Å². The minimum Gasteiger partial charge on any atom is -0.460 e. The Labute approximate surface area is 179 Å². The monoisotopic (exact) mass is 424 g/mol. The van der Waals surface area contributed by atoms with Crippen LogP contribution in [0.4, 0.5) is 5.69 Å². The first-order valence-corrected chi connectivity index (χ1v) is 11.1. The fourth-order valence-electron chi connectivity index (χ4n) is 3.40. The van der Waals surface area contributed by atoms with E-state index in [0.29, 0.717) is 28.2 Å². The number of thioether (sulfide) groups is 1. The van der Waals surface area contributed by atoms with Crippen molar-refractivity contribution >= 4 is 23.4 Å². The molecule has 4 rings (SSSR count). The summed E-state index contributed by atoms with van der Waals surface area (Å²) in [6, 6.07) is 11.2. The Bertz CT molecular complexity index is 1050. The highest BCUT2D eigenvalue weighted by Gasteiger charge is 2.36. The van der Waals surface area contributed by atoms with Crippen LogP contribution in [0.2, 0.25) is 0 Å². The number of rotatable bonds is 6. The third kappa shape index (κ3) is 4.05. The number of nitrogens with zero attached hydrogens (tertiary/aromatic N) is 4. The first-order valence-electron chi connectivity index (χ1n) is 10.1. The molecule has 0 saturated heterocycles. The van der Waals surface area contributed by atoms with E-state index < -0.39 is 6.23 Å². The smallest absolute Gasteiger partial charge is 0.247 e. The number of ether oxygens (including phenoxy) is 1. The number of anilines is 1. The lowest BCUT2D eigenvalue weighted by molar-refractivity contribution is -0.118. The summed E-state index contributed by atoms with van der Waals surface area (Å²) in [6.07, 6.45) is 2.64. The average Bonchev–Trinajstić information content (AvgIpc) is 3.11. The lowest BCUT2D eigenvalue weighted by Crippen LogP contribution is -2.35. The Morgan fingerprint density at radius 1 is 1.17 bits per heavy atom. The number of para-hydroxylation sites is 1. The second kappa shape index (κ2) is 8.87. The van der Waals surface area contributed by atoms with Crippen molar-refractivity contribution in [3.63, 3.8) is 0 Å². The fraction of sp³-hybridized carbons (Fsp3) is 0.364. The Kier molecular flexibility index (Phi) is 6.03. The molecule has 1 amide bonds. The molecule has 0 spiro atoms. The van der Waals surface area contributed by atoms with Crippen LogP contribution in [-0.4, -0.2) is 26.8 Å². The van der Waals surface area contributed by atoms with Crippen LogP contribution in [0.25, 0.3) is 11.3 Å². The Morgan fingerprint density at radius 3 is 2.73 bits per heavy atom. The van der Waals surface area contributed by atoms with E-state index in [9.17, 15) is 4.79 Å². The first-order chi connectivity index (χ1) is 14.6. The highest BCUT2D eigenvalue weighted by atomic mass is 32.2. The van der Waals surface area contributed by atoms with Crippen molar-refractivity contribution in [2.45, 2.75) is 51.4 Å². The van der Waals surface area contributed by atoms with E-state index in [-0.39, 0.29) is 5.91 Å². The third-order valence-corrected chi connectivity index (χ3v) is 5.76. The number of furan rings is 1. The van der Waals surface area contributed by atoms with Gasteiger partial charge in [0.15, 0.2) is 11.5 Å².